The lowest BCUT2D eigenvalue weighted by Gasteiger charge is -2.43. The normalized spacial score (nSPS) is 32.1. The lowest BCUT2D eigenvalue weighted by Crippen LogP contribution is -2.61. The van der Waals surface area contributed by atoms with Gasteiger partial charge in [0.15, 0.2) is 0 Å². The predicted octanol–water partition coefficient (Wildman–Crippen LogP) is 3.90. The molecule has 32 heavy (non-hydrogen) atoms. The van der Waals surface area contributed by atoms with E-state index in [2.05, 4.69) is 27.7 Å². The SMILES string of the molecule is O=C1Nc2ccccc2[C@]12[C@@H](c1ccccc1)C1CSCN1[C@@]21C(=O)Nc2ccccc21. The van der Waals surface area contributed by atoms with Gasteiger partial charge in [0.1, 0.15) is 11.0 Å². The Morgan fingerprint density at radius 3 is 2.19 bits per heavy atom. The third-order valence-electron chi connectivity index (χ3n) is 7.78. The number of hydrogen-bond donors (Lipinski definition) is 2. The summed E-state index contributed by atoms with van der Waals surface area (Å²) in [7, 11) is 0. The van der Waals surface area contributed by atoms with Crippen LogP contribution in [0.3, 0.4) is 0 Å². The van der Waals surface area contributed by atoms with Crippen LogP contribution in [0, 0.1) is 0 Å². The van der Waals surface area contributed by atoms with E-state index in [1.807, 2.05) is 78.5 Å². The minimum absolute atomic E-state index is 0.0659. The molecule has 2 N–H and O–H groups in total. The summed E-state index contributed by atoms with van der Waals surface area (Å²) in [6, 6.07) is 26.1. The van der Waals surface area contributed by atoms with Crippen LogP contribution >= 0.6 is 11.8 Å². The standard InChI is InChI=1S/C26H21N3O2S/c30-23-25(17-10-4-6-12-19(17)27-23)22(16-8-2-1-3-9-16)21-14-32-15-29(21)26(25)18-11-5-7-13-20(18)28-24(26)31/h1-13,21-22H,14-15H2,(H,27,30)(H,28,31)/t21?,22-,25-,26-/m0/s1. The van der Waals surface area contributed by atoms with Crippen LogP contribution in [0.25, 0.3) is 0 Å². The molecule has 2 amide bonds. The zero-order valence-corrected chi connectivity index (χ0v) is 18.1. The first-order chi connectivity index (χ1) is 15.7. The molecular formula is C26H21N3O2S. The molecule has 6 heteroatoms. The highest BCUT2D eigenvalue weighted by Gasteiger charge is 2.80. The molecule has 0 saturated carbocycles. The van der Waals surface area contributed by atoms with Crippen LogP contribution in [0.2, 0.25) is 0 Å². The van der Waals surface area contributed by atoms with Crippen molar-refractivity contribution in [3.05, 3.63) is 95.6 Å². The largest absolute Gasteiger partial charge is 0.325 e. The second-order valence-corrected chi connectivity index (χ2v) is 9.94. The second kappa shape index (κ2) is 6.24. The van der Waals surface area contributed by atoms with Gasteiger partial charge in [-0.05, 0) is 23.3 Å². The van der Waals surface area contributed by atoms with E-state index in [1.54, 1.807) is 0 Å². The fraction of sp³-hybridized carbons (Fsp3) is 0.231. The molecule has 2 spiro atoms. The molecule has 2 saturated heterocycles. The number of hydrogen-bond acceptors (Lipinski definition) is 4. The van der Waals surface area contributed by atoms with Crippen LogP contribution in [-0.4, -0.2) is 34.4 Å². The molecule has 158 valence electrons. The molecule has 4 aliphatic heterocycles. The summed E-state index contributed by atoms with van der Waals surface area (Å²) in [6.07, 6.45) is 0. The Hall–Kier alpha value is -3.09. The molecule has 4 heterocycles. The fourth-order valence-electron chi connectivity index (χ4n) is 6.82. The van der Waals surface area contributed by atoms with E-state index in [4.69, 9.17) is 0 Å². The highest BCUT2D eigenvalue weighted by molar-refractivity contribution is 7.99. The van der Waals surface area contributed by atoms with E-state index >= 15 is 0 Å². The van der Waals surface area contributed by atoms with E-state index in [1.165, 1.54) is 0 Å². The number of nitrogens with zero attached hydrogens (tertiary/aromatic N) is 1. The maximum atomic E-state index is 14.3. The smallest absolute Gasteiger partial charge is 0.251 e. The Labute approximate surface area is 190 Å². The quantitative estimate of drug-likeness (QED) is 0.604. The summed E-state index contributed by atoms with van der Waals surface area (Å²) in [4.78, 5) is 30.7. The zero-order valence-electron chi connectivity index (χ0n) is 17.2. The van der Waals surface area contributed by atoms with Gasteiger partial charge in [-0.15, -0.1) is 11.8 Å². The summed E-state index contributed by atoms with van der Waals surface area (Å²) >= 11 is 1.84. The number of thioether (sulfide) groups is 1. The number of fused-ring (bicyclic) bond motifs is 7. The summed E-state index contributed by atoms with van der Waals surface area (Å²) in [5.74, 6) is 1.26. The summed E-state index contributed by atoms with van der Waals surface area (Å²) in [6.45, 7) is 0. The van der Waals surface area contributed by atoms with Crippen molar-refractivity contribution in [1.29, 1.82) is 0 Å². The molecule has 7 rings (SSSR count). The second-order valence-electron chi connectivity index (χ2n) is 8.94. The number of anilines is 2. The number of rotatable bonds is 1. The van der Waals surface area contributed by atoms with Gasteiger partial charge in [-0.25, -0.2) is 0 Å². The molecule has 4 atom stereocenters. The number of benzene rings is 3. The summed E-state index contributed by atoms with van der Waals surface area (Å²) < 4.78 is 0. The Bertz CT molecular complexity index is 1290. The van der Waals surface area contributed by atoms with E-state index in [0.29, 0.717) is 5.88 Å². The third kappa shape index (κ3) is 1.88. The van der Waals surface area contributed by atoms with Crippen molar-refractivity contribution in [2.45, 2.75) is 22.9 Å². The zero-order chi connectivity index (χ0) is 21.5. The van der Waals surface area contributed by atoms with Crippen LogP contribution in [0.1, 0.15) is 22.6 Å². The summed E-state index contributed by atoms with van der Waals surface area (Å²) in [5.41, 5.74) is 2.38. The minimum atomic E-state index is -1.10. The number of para-hydroxylation sites is 2. The van der Waals surface area contributed by atoms with Crippen molar-refractivity contribution in [3.63, 3.8) is 0 Å². The molecule has 3 aromatic carbocycles. The molecule has 3 aromatic rings. The fourth-order valence-corrected chi connectivity index (χ4v) is 8.12. The minimum Gasteiger partial charge on any atom is -0.325 e. The van der Waals surface area contributed by atoms with E-state index in [9.17, 15) is 9.59 Å². The predicted molar refractivity (Wildman–Crippen MR) is 126 cm³/mol. The number of nitrogens with one attached hydrogen (secondary N) is 2. The monoisotopic (exact) mass is 439 g/mol. The van der Waals surface area contributed by atoms with Gasteiger partial charge in [0.05, 0.1) is 0 Å². The Balaban J connectivity index is 1.65. The highest BCUT2D eigenvalue weighted by atomic mass is 32.2. The maximum absolute atomic E-state index is 14.3. The van der Waals surface area contributed by atoms with Crippen LogP contribution in [0.15, 0.2) is 78.9 Å². The molecule has 0 aromatic heterocycles. The molecule has 0 bridgehead atoms. The maximum Gasteiger partial charge on any atom is 0.251 e. The van der Waals surface area contributed by atoms with E-state index in [-0.39, 0.29) is 23.8 Å². The number of carbonyl (C=O) groups is 2. The van der Waals surface area contributed by atoms with Crippen LogP contribution in [0.5, 0.6) is 0 Å². The van der Waals surface area contributed by atoms with Crippen molar-refractivity contribution in [2.75, 3.05) is 22.3 Å². The van der Waals surface area contributed by atoms with Gasteiger partial charge < -0.3 is 10.6 Å². The first kappa shape index (κ1) is 18.5. The third-order valence-corrected chi connectivity index (χ3v) is 8.82. The van der Waals surface area contributed by atoms with Gasteiger partial charge in [-0.1, -0.05) is 66.7 Å². The number of amides is 2. The Morgan fingerprint density at radius 2 is 1.41 bits per heavy atom. The molecule has 4 aliphatic rings. The molecule has 0 radical (unpaired) electrons. The van der Waals surface area contributed by atoms with Crippen molar-refractivity contribution >= 4 is 35.0 Å². The van der Waals surface area contributed by atoms with E-state index < -0.39 is 11.0 Å². The van der Waals surface area contributed by atoms with Gasteiger partial charge in [-0.2, -0.15) is 0 Å². The molecule has 1 unspecified atom stereocenters. The van der Waals surface area contributed by atoms with Gasteiger partial charge in [-0.3, -0.25) is 14.5 Å². The molecule has 5 nitrogen and oxygen atoms in total. The average Bonchev–Trinajstić information content (AvgIpc) is 3.53. The highest BCUT2D eigenvalue weighted by Crippen LogP contribution is 2.69. The lowest BCUT2D eigenvalue weighted by molar-refractivity contribution is -0.136. The Morgan fingerprint density at radius 1 is 0.781 bits per heavy atom. The van der Waals surface area contributed by atoms with Gasteiger partial charge >= 0.3 is 0 Å². The van der Waals surface area contributed by atoms with Crippen molar-refractivity contribution in [2.24, 2.45) is 0 Å². The van der Waals surface area contributed by atoms with Crippen LogP contribution in [0.4, 0.5) is 11.4 Å². The van der Waals surface area contributed by atoms with Crippen LogP contribution < -0.4 is 10.6 Å². The van der Waals surface area contributed by atoms with Crippen molar-refractivity contribution < 1.29 is 9.59 Å². The first-order valence-electron chi connectivity index (χ1n) is 10.9. The van der Waals surface area contributed by atoms with Crippen molar-refractivity contribution in [3.8, 4) is 0 Å². The topological polar surface area (TPSA) is 61.4 Å². The average molecular weight is 440 g/mol. The van der Waals surface area contributed by atoms with Crippen LogP contribution in [-0.2, 0) is 20.5 Å². The van der Waals surface area contributed by atoms with Gasteiger partial charge in [0, 0.05) is 40.5 Å². The molecule has 0 aliphatic carbocycles. The Kier molecular flexibility index (Phi) is 3.60. The van der Waals surface area contributed by atoms with Gasteiger partial charge in [0.25, 0.3) is 5.91 Å². The van der Waals surface area contributed by atoms with Crippen molar-refractivity contribution in [1.82, 2.24) is 4.90 Å². The molecule has 2 fully saturated rings. The van der Waals surface area contributed by atoms with Gasteiger partial charge in [0.2, 0.25) is 5.91 Å². The molecular weight excluding hydrogens is 418 g/mol. The summed E-state index contributed by atoms with van der Waals surface area (Å²) in [5, 5.41) is 6.32. The van der Waals surface area contributed by atoms with E-state index in [0.717, 1.165) is 33.8 Å². The number of carbonyl (C=O) groups excluding carboxylic acids is 2. The lowest BCUT2D eigenvalue weighted by atomic mass is 9.57. The first-order valence-corrected chi connectivity index (χ1v) is 12.1.